The topological polar surface area (TPSA) is 69.0 Å². The summed E-state index contributed by atoms with van der Waals surface area (Å²) in [4.78, 5) is 12.1. The lowest BCUT2D eigenvalue weighted by atomic mass is 10.00. The Morgan fingerprint density at radius 1 is 1.50 bits per heavy atom. The van der Waals surface area contributed by atoms with Crippen LogP contribution in [0.4, 0.5) is 0 Å². The minimum Gasteiger partial charge on any atom is -0.493 e. The zero-order chi connectivity index (χ0) is 15.5. The van der Waals surface area contributed by atoms with E-state index in [1.54, 1.807) is 6.20 Å². The number of carbonyl (C=O) groups is 1. The fourth-order valence-electron chi connectivity index (χ4n) is 2.64. The van der Waals surface area contributed by atoms with Crippen LogP contribution in [0.3, 0.4) is 0 Å². The van der Waals surface area contributed by atoms with E-state index in [0.717, 1.165) is 36.5 Å². The van der Waals surface area contributed by atoms with Crippen molar-refractivity contribution in [2.75, 3.05) is 6.61 Å². The minimum atomic E-state index is -0.0774. The first-order chi connectivity index (χ1) is 10.6. The number of ether oxygens (including phenoxy) is 1. The zero-order valence-electron chi connectivity index (χ0n) is 12.9. The summed E-state index contributed by atoms with van der Waals surface area (Å²) in [5, 5.41) is 10.7. The van der Waals surface area contributed by atoms with Gasteiger partial charge in [0.1, 0.15) is 12.3 Å². The molecule has 0 saturated carbocycles. The predicted molar refractivity (Wildman–Crippen MR) is 81.6 cm³/mol. The number of hydrogen-bond acceptors (Lipinski definition) is 4. The van der Waals surface area contributed by atoms with Crippen molar-refractivity contribution in [3.05, 3.63) is 41.2 Å². The van der Waals surface area contributed by atoms with E-state index in [-0.39, 0.29) is 18.5 Å². The summed E-state index contributed by atoms with van der Waals surface area (Å²) >= 11 is 0. The molecule has 6 nitrogen and oxygen atoms in total. The molecule has 116 valence electrons. The van der Waals surface area contributed by atoms with Crippen LogP contribution in [-0.2, 0) is 17.8 Å². The van der Waals surface area contributed by atoms with Crippen LogP contribution in [0.15, 0.2) is 24.4 Å². The smallest absolute Gasteiger partial charge is 0.242 e. The van der Waals surface area contributed by atoms with Gasteiger partial charge in [-0.1, -0.05) is 17.3 Å². The third-order valence-electron chi connectivity index (χ3n) is 3.77. The molecule has 3 rings (SSSR count). The summed E-state index contributed by atoms with van der Waals surface area (Å²) in [6, 6.07) is 6.07. The van der Waals surface area contributed by atoms with E-state index in [1.165, 1.54) is 10.2 Å². The molecule has 1 aliphatic rings. The summed E-state index contributed by atoms with van der Waals surface area (Å²) in [6.45, 7) is 4.80. The molecule has 0 bridgehead atoms. The molecule has 1 aromatic heterocycles. The van der Waals surface area contributed by atoms with E-state index in [0.29, 0.717) is 0 Å². The summed E-state index contributed by atoms with van der Waals surface area (Å²) in [7, 11) is 0. The maximum absolute atomic E-state index is 12.1. The van der Waals surface area contributed by atoms with Crippen molar-refractivity contribution < 1.29 is 9.53 Å². The van der Waals surface area contributed by atoms with Gasteiger partial charge in [-0.2, -0.15) is 0 Å². The number of aryl methyl sites for hydroxylation is 2. The molecular formula is C16H20N4O2. The van der Waals surface area contributed by atoms with Gasteiger partial charge in [-0.25, -0.2) is 4.68 Å². The quantitative estimate of drug-likeness (QED) is 0.934. The third-order valence-corrected chi connectivity index (χ3v) is 3.77. The predicted octanol–water partition coefficient (Wildman–Crippen LogP) is 1.79. The van der Waals surface area contributed by atoms with Gasteiger partial charge in [0.25, 0.3) is 0 Å². The molecule has 1 amide bonds. The molecule has 0 unspecified atom stereocenters. The first-order valence-electron chi connectivity index (χ1n) is 7.53. The van der Waals surface area contributed by atoms with E-state index in [1.807, 2.05) is 26.0 Å². The maximum Gasteiger partial charge on any atom is 0.242 e. The lowest BCUT2D eigenvalue weighted by molar-refractivity contribution is -0.122. The highest BCUT2D eigenvalue weighted by molar-refractivity contribution is 5.76. The number of nitrogens with zero attached hydrogens (tertiary/aromatic N) is 3. The SMILES string of the molecule is Cc1cn(CC(=O)N[C@@H](C)c2ccc3c(c2)CCCO3)nn1. The first kappa shape index (κ1) is 14.6. The summed E-state index contributed by atoms with van der Waals surface area (Å²) < 4.78 is 7.15. The van der Waals surface area contributed by atoms with Crippen molar-refractivity contribution in [1.29, 1.82) is 0 Å². The average Bonchev–Trinajstić information content (AvgIpc) is 2.91. The van der Waals surface area contributed by atoms with Crippen molar-refractivity contribution in [1.82, 2.24) is 20.3 Å². The molecule has 1 N–H and O–H groups in total. The Hall–Kier alpha value is -2.37. The molecule has 0 saturated heterocycles. The number of amides is 1. The van der Waals surface area contributed by atoms with Gasteiger partial charge in [-0.05, 0) is 43.9 Å². The van der Waals surface area contributed by atoms with Crippen LogP contribution < -0.4 is 10.1 Å². The number of fused-ring (bicyclic) bond motifs is 1. The highest BCUT2D eigenvalue weighted by atomic mass is 16.5. The molecule has 0 spiro atoms. The van der Waals surface area contributed by atoms with Gasteiger partial charge in [-0.15, -0.1) is 5.10 Å². The van der Waals surface area contributed by atoms with Crippen LogP contribution in [0.1, 0.15) is 36.2 Å². The second-order valence-corrected chi connectivity index (χ2v) is 5.67. The minimum absolute atomic E-state index is 0.0515. The molecular weight excluding hydrogens is 280 g/mol. The molecule has 0 aliphatic carbocycles. The largest absolute Gasteiger partial charge is 0.493 e. The van der Waals surface area contributed by atoms with Gasteiger partial charge < -0.3 is 10.1 Å². The van der Waals surface area contributed by atoms with Gasteiger partial charge >= 0.3 is 0 Å². The van der Waals surface area contributed by atoms with E-state index < -0.39 is 0 Å². The number of rotatable bonds is 4. The maximum atomic E-state index is 12.1. The molecule has 2 aromatic rings. The Labute approximate surface area is 129 Å². The standard InChI is InChI=1S/C16H20N4O2/c1-11-9-20(19-18-11)10-16(21)17-12(2)13-5-6-15-14(8-13)4-3-7-22-15/h5-6,8-9,12H,3-4,7,10H2,1-2H3,(H,17,21)/t12-/m0/s1. The lowest BCUT2D eigenvalue weighted by Gasteiger charge is -2.20. The molecule has 0 fully saturated rings. The van der Waals surface area contributed by atoms with E-state index in [9.17, 15) is 4.79 Å². The van der Waals surface area contributed by atoms with Crippen molar-refractivity contribution >= 4 is 5.91 Å². The monoisotopic (exact) mass is 300 g/mol. The molecule has 1 aromatic carbocycles. The lowest BCUT2D eigenvalue weighted by Crippen LogP contribution is -2.30. The molecule has 0 radical (unpaired) electrons. The van der Waals surface area contributed by atoms with Crippen LogP contribution in [0.5, 0.6) is 5.75 Å². The number of carbonyl (C=O) groups excluding carboxylic acids is 1. The highest BCUT2D eigenvalue weighted by Crippen LogP contribution is 2.27. The van der Waals surface area contributed by atoms with Crippen LogP contribution in [0, 0.1) is 6.92 Å². The van der Waals surface area contributed by atoms with Gasteiger partial charge in [0.2, 0.25) is 5.91 Å². The van der Waals surface area contributed by atoms with Gasteiger partial charge in [0, 0.05) is 6.20 Å². The molecule has 6 heteroatoms. The normalized spacial score (nSPS) is 14.8. The molecule has 1 atom stereocenters. The van der Waals surface area contributed by atoms with E-state index in [4.69, 9.17) is 4.74 Å². The fourth-order valence-corrected chi connectivity index (χ4v) is 2.64. The summed E-state index contributed by atoms with van der Waals surface area (Å²) in [5.41, 5.74) is 3.11. The van der Waals surface area contributed by atoms with Crippen LogP contribution in [-0.4, -0.2) is 27.5 Å². The Bertz CT molecular complexity index is 681. The van der Waals surface area contributed by atoms with Gasteiger partial charge in [0.15, 0.2) is 0 Å². The summed E-state index contributed by atoms with van der Waals surface area (Å²) in [6.07, 6.45) is 3.82. The Morgan fingerprint density at radius 3 is 3.14 bits per heavy atom. The number of aromatic nitrogens is 3. The van der Waals surface area contributed by atoms with E-state index in [2.05, 4.69) is 21.7 Å². The highest BCUT2D eigenvalue weighted by Gasteiger charge is 2.15. The molecule has 22 heavy (non-hydrogen) atoms. The first-order valence-corrected chi connectivity index (χ1v) is 7.53. The second-order valence-electron chi connectivity index (χ2n) is 5.67. The fraction of sp³-hybridized carbons (Fsp3) is 0.438. The van der Waals surface area contributed by atoms with Crippen LogP contribution >= 0.6 is 0 Å². The summed E-state index contributed by atoms with van der Waals surface area (Å²) in [5.74, 6) is 0.887. The van der Waals surface area contributed by atoms with E-state index >= 15 is 0 Å². The third kappa shape index (κ3) is 3.27. The Balaban J connectivity index is 1.63. The van der Waals surface area contributed by atoms with Crippen molar-refractivity contribution in [3.63, 3.8) is 0 Å². The number of benzene rings is 1. The number of hydrogen-bond donors (Lipinski definition) is 1. The zero-order valence-corrected chi connectivity index (χ0v) is 12.9. The van der Waals surface area contributed by atoms with Crippen molar-refractivity contribution in [3.8, 4) is 5.75 Å². The molecule has 2 heterocycles. The average molecular weight is 300 g/mol. The van der Waals surface area contributed by atoms with Gasteiger partial charge in [0.05, 0.1) is 18.3 Å². The van der Waals surface area contributed by atoms with Crippen molar-refractivity contribution in [2.24, 2.45) is 0 Å². The number of nitrogens with one attached hydrogen (secondary N) is 1. The Kier molecular flexibility index (Phi) is 4.09. The van der Waals surface area contributed by atoms with Crippen LogP contribution in [0.2, 0.25) is 0 Å². The van der Waals surface area contributed by atoms with Crippen LogP contribution in [0.25, 0.3) is 0 Å². The van der Waals surface area contributed by atoms with Crippen molar-refractivity contribution in [2.45, 2.75) is 39.3 Å². The molecule has 1 aliphatic heterocycles. The van der Waals surface area contributed by atoms with Gasteiger partial charge in [-0.3, -0.25) is 4.79 Å². The Morgan fingerprint density at radius 2 is 2.36 bits per heavy atom. The second kappa shape index (κ2) is 6.17.